The van der Waals surface area contributed by atoms with Crippen molar-refractivity contribution in [1.82, 2.24) is 9.80 Å². The summed E-state index contributed by atoms with van der Waals surface area (Å²) < 4.78 is 11.1. The molecule has 2 aliphatic heterocycles. The second-order valence-corrected chi connectivity index (χ2v) is 11.0. The Morgan fingerprint density at radius 2 is 1.67 bits per heavy atom. The van der Waals surface area contributed by atoms with Gasteiger partial charge in [-0.25, -0.2) is 9.59 Å². The fourth-order valence-corrected chi connectivity index (χ4v) is 5.65. The van der Waals surface area contributed by atoms with E-state index >= 15 is 0 Å². The lowest BCUT2D eigenvalue weighted by atomic mass is 10.1. The van der Waals surface area contributed by atoms with Crippen molar-refractivity contribution < 1.29 is 18.7 Å². The number of anilines is 2. The number of fused-ring (bicyclic) bond motifs is 3. The average molecular weight is 508 g/mol. The van der Waals surface area contributed by atoms with Crippen LogP contribution in [0.1, 0.15) is 38.1 Å². The molecular formula is C27H29N3O5S. The van der Waals surface area contributed by atoms with Crippen LogP contribution in [0.3, 0.4) is 0 Å². The average Bonchev–Trinajstić information content (AvgIpc) is 2.84. The normalized spacial score (nSPS) is 15.5. The molecule has 2 aromatic carbocycles. The van der Waals surface area contributed by atoms with Crippen molar-refractivity contribution in [3.63, 3.8) is 0 Å². The number of carbonyl (C=O) groups excluding carboxylic acids is 2. The molecule has 8 nitrogen and oxygen atoms in total. The van der Waals surface area contributed by atoms with Crippen LogP contribution >= 0.6 is 11.8 Å². The minimum atomic E-state index is -0.658. The molecule has 1 aromatic heterocycles. The Hall–Kier alpha value is -3.46. The van der Waals surface area contributed by atoms with Gasteiger partial charge in [0.25, 0.3) is 5.91 Å². The summed E-state index contributed by atoms with van der Waals surface area (Å²) in [4.78, 5) is 46.0. The Balaban J connectivity index is 1.39. The van der Waals surface area contributed by atoms with E-state index in [0.29, 0.717) is 37.1 Å². The van der Waals surface area contributed by atoms with Crippen molar-refractivity contribution in [3.05, 3.63) is 58.4 Å². The van der Waals surface area contributed by atoms with E-state index in [-0.39, 0.29) is 11.5 Å². The van der Waals surface area contributed by atoms with Crippen LogP contribution in [-0.2, 0) is 4.74 Å². The van der Waals surface area contributed by atoms with Crippen LogP contribution in [0.2, 0.25) is 0 Å². The lowest BCUT2D eigenvalue weighted by molar-refractivity contribution is 0.0140. The molecule has 2 amide bonds. The number of hydrogen-bond acceptors (Lipinski definition) is 7. The summed E-state index contributed by atoms with van der Waals surface area (Å²) in [5.41, 5.74) is 1.31. The van der Waals surface area contributed by atoms with E-state index in [0.717, 1.165) is 27.7 Å². The van der Waals surface area contributed by atoms with Crippen LogP contribution in [0.25, 0.3) is 11.0 Å². The maximum atomic E-state index is 13.2. The second kappa shape index (κ2) is 9.20. The number of piperazine rings is 1. The highest BCUT2D eigenvalue weighted by molar-refractivity contribution is 7.99. The highest BCUT2D eigenvalue weighted by Crippen LogP contribution is 2.49. The molecule has 5 rings (SSSR count). The molecule has 3 aromatic rings. The van der Waals surface area contributed by atoms with Gasteiger partial charge in [-0.2, -0.15) is 0 Å². The summed E-state index contributed by atoms with van der Waals surface area (Å²) in [7, 11) is 0. The molecule has 0 aliphatic carbocycles. The van der Waals surface area contributed by atoms with Gasteiger partial charge in [-0.1, -0.05) is 23.9 Å². The lowest BCUT2D eigenvalue weighted by Crippen LogP contribution is -2.52. The van der Waals surface area contributed by atoms with Gasteiger partial charge < -0.3 is 23.9 Å². The van der Waals surface area contributed by atoms with Crippen LogP contribution in [0.5, 0.6) is 0 Å². The van der Waals surface area contributed by atoms with Gasteiger partial charge in [0.15, 0.2) is 0 Å². The van der Waals surface area contributed by atoms with Gasteiger partial charge in [0.2, 0.25) is 0 Å². The minimum Gasteiger partial charge on any atom is -0.444 e. The summed E-state index contributed by atoms with van der Waals surface area (Å²) in [6.45, 7) is 9.63. The molecule has 0 atom stereocenters. The standard InChI is InChI=1S/C27H29N3O5S/c1-5-30-19-8-6-7-9-22(19)36-23-15-17-14-18(25(32)34-21(17)16-20(23)30)24(31)28-10-12-29(13-11-28)26(33)35-27(2,3)4/h6-9,14-16H,5,10-13H2,1-4H3. The van der Waals surface area contributed by atoms with E-state index in [2.05, 4.69) is 24.0 Å². The zero-order chi connectivity index (χ0) is 25.6. The van der Waals surface area contributed by atoms with Crippen LogP contribution in [0.4, 0.5) is 16.2 Å². The number of para-hydroxylation sites is 1. The van der Waals surface area contributed by atoms with Crippen molar-refractivity contribution in [2.24, 2.45) is 0 Å². The summed E-state index contributed by atoms with van der Waals surface area (Å²) in [5.74, 6) is -0.389. The van der Waals surface area contributed by atoms with Gasteiger partial charge in [-0.05, 0) is 52.0 Å². The number of amides is 2. The number of carbonyl (C=O) groups is 2. The third kappa shape index (κ3) is 4.55. The monoisotopic (exact) mass is 507 g/mol. The van der Waals surface area contributed by atoms with Gasteiger partial charge in [-0.15, -0.1) is 0 Å². The molecule has 0 spiro atoms. The van der Waals surface area contributed by atoms with E-state index in [1.165, 1.54) is 0 Å². The molecule has 0 unspecified atom stereocenters. The molecule has 36 heavy (non-hydrogen) atoms. The van der Waals surface area contributed by atoms with E-state index < -0.39 is 17.3 Å². The molecule has 1 fully saturated rings. The lowest BCUT2D eigenvalue weighted by Gasteiger charge is -2.35. The molecule has 2 aliphatic rings. The molecule has 3 heterocycles. The van der Waals surface area contributed by atoms with E-state index in [1.807, 2.05) is 45.0 Å². The molecule has 0 radical (unpaired) electrons. The molecule has 1 saturated heterocycles. The third-order valence-electron chi connectivity index (χ3n) is 6.25. The Morgan fingerprint density at radius 1 is 0.972 bits per heavy atom. The van der Waals surface area contributed by atoms with Crippen LogP contribution in [0.15, 0.2) is 61.5 Å². The molecule has 0 N–H and O–H groups in total. The van der Waals surface area contributed by atoms with Gasteiger partial charge in [0.05, 0.1) is 11.4 Å². The van der Waals surface area contributed by atoms with E-state index in [9.17, 15) is 14.4 Å². The first-order valence-corrected chi connectivity index (χ1v) is 12.9. The van der Waals surface area contributed by atoms with Gasteiger partial charge in [0.1, 0.15) is 16.7 Å². The van der Waals surface area contributed by atoms with Gasteiger partial charge >= 0.3 is 11.7 Å². The van der Waals surface area contributed by atoms with Crippen molar-refractivity contribution in [2.75, 3.05) is 37.6 Å². The number of ether oxygens (including phenoxy) is 1. The number of nitrogens with zero attached hydrogens (tertiary/aromatic N) is 3. The van der Waals surface area contributed by atoms with Crippen molar-refractivity contribution in [1.29, 1.82) is 0 Å². The first-order chi connectivity index (χ1) is 17.1. The number of hydrogen-bond donors (Lipinski definition) is 0. The number of rotatable bonds is 2. The molecule has 0 saturated carbocycles. The molecule has 0 bridgehead atoms. The summed E-state index contributed by atoms with van der Waals surface area (Å²) in [5, 5.41) is 0.701. The first-order valence-electron chi connectivity index (χ1n) is 12.1. The topological polar surface area (TPSA) is 83.3 Å². The fraction of sp³-hybridized carbons (Fsp3) is 0.370. The largest absolute Gasteiger partial charge is 0.444 e. The maximum absolute atomic E-state index is 13.2. The summed E-state index contributed by atoms with van der Waals surface area (Å²) in [6.07, 6.45) is -0.398. The zero-order valence-electron chi connectivity index (χ0n) is 20.9. The first kappa shape index (κ1) is 24.2. The Morgan fingerprint density at radius 3 is 2.36 bits per heavy atom. The fourth-order valence-electron chi connectivity index (χ4n) is 4.52. The van der Waals surface area contributed by atoms with Gasteiger partial charge in [0, 0.05) is 54.0 Å². The van der Waals surface area contributed by atoms with Crippen LogP contribution in [0, 0.1) is 0 Å². The molecule has 9 heteroatoms. The molecular weight excluding hydrogens is 478 g/mol. The zero-order valence-corrected chi connectivity index (χ0v) is 21.7. The van der Waals surface area contributed by atoms with Crippen molar-refractivity contribution in [3.8, 4) is 0 Å². The van der Waals surface area contributed by atoms with Crippen LogP contribution < -0.4 is 10.5 Å². The van der Waals surface area contributed by atoms with Crippen molar-refractivity contribution in [2.45, 2.75) is 43.1 Å². The predicted molar refractivity (Wildman–Crippen MR) is 139 cm³/mol. The van der Waals surface area contributed by atoms with E-state index in [4.69, 9.17) is 9.15 Å². The maximum Gasteiger partial charge on any atom is 0.410 e. The highest BCUT2D eigenvalue weighted by Gasteiger charge is 2.30. The Bertz CT molecular complexity index is 1400. The smallest absolute Gasteiger partial charge is 0.410 e. The second-order valence-electron chi connectivity index (χ2n) is 9.88. The van der Waals surface area contributed by atoms with Crippen LogP contribution in [-0.4, -0.2) is 60.1 Å². The highest BCUT2D eigenvalue weighted by atomic mass is 32.2. The summed E-state index contributed by atoms with van der Waals surface area (Å²) >= 11 is 1.66. The van der Waals surface area contributed by atoms with Gasteiger partial charge in [-0.3, -0.25) is 4.79 Å². The molecule has 188 valence electrons. The SMILES string of the molecule is CCN1c2ccccc2Sc2cc3cc(C(=O)N4CCN(C(=O)OC(C)(C)C)CC4)c(=O)oc3cc21. The third-order valence-corrected chi connectivity index (χ3v) is 7.36. The Labute approximate surface area is 213 Å². The minimum absolute atomic E-state index is 0.00160. The summed E-state index contributed by atoms with van der Waals surface area (Å²) in [6, 6.07) is 13.7. The van der Waals surface area contributed by atoms with Crippen molar-refractivity contribution >= 4 is 46.1 Å². The quantitative estimate of drug-likeness (QED) is 0.446. The number of benzene rings is 2. The van der Waals surface area contributed by atoms with E-state index in [1.54, 1.807) is 27.6 Å². The Kier molecular flexibility index (Phi) is 6.20. The predicted octanol–water partition coefficient (Wildman–Crippen LogP) is 5.11.